The molecule has 0 aromatic carbocycles. The first-order valence-corrected chi connectivity index (χ1v) is 6.50. The van der Waals surface area contributed by atoms with Crippen LogP contribution >= 0.6 is 0 Å². The minimum Gasteiger partial charge on any atom is -0.466 e. The number of morpholine rings is 1. The Morgan fingerprint density at radius 3 is 2.83 bits per heavy atom. The van der Waals surface area contributed by atoms with Crippen LogP contribution in [0.25, 0.3) is 0 Å². The molecule has 0 radical (unpaired) electrons. The lowest BCUT2D eigenvalue weighted by Gasteiger charge is -2.26. The van der Waals surface area contributed by atoms with E-state index in [2.05, 4.69) is 15.0 Å². The summed E-state index contributed by atoms with van der Waals surface area (Å²) in [4.78, 5) is 13.5. The predicted molar refractivity (Wildman–Crippen MR) is 70.5 cm³/mol. The highest BCUT2D eigenvalue weighted by atomic mass is 16.5. The highest BCUT2D eigenvalue weighted by Crippen LogP contribution is 1.97. The lowest BCUT2D eigenvalue weighted by Crippen LogP contribution is -2.37. The smallest absolute Gasteiger partial charge is 0.333 e. The van der Waals surface area contributed by atoms with Crippen molar-refractivity contribution < 1.29 is 14.3 Å². The zero-order chi connectivity index (χ0) is 13.2. The van der Waals surface area contributed by atoms with Gasteiger partial charge in [-0.2, -0.15) is 0 Å². The van der Waals surface area contributed by atoms with E-state index in [1.807, 2.05) is 6.08 Å². The summed E-state index contributed by atoms with van der Waals surface area (Å²) in [7, 11) is 1.40. The molecule has 0 amide bonds. The molecule has 1 fully saturated rings. The van der Waals surface area contributed by atoms with Crippen LogP contribution in [0.3, 0.4) is 0 Å². The quantitative estimate of drug-likeness (QED) is 0.406. The zero-order valence-corrected chi connectivity index (χ0v) is 11.4. The lowest BCUT2D eigenvalue weighted by atomic mass is 10.3. The number of hydrogen-bond acceptors (Lipinski definition) is 5. The van der Waals surface area contributed by atoms with E-state index in [0.29, 0.717) is 12.1 Å². The maximum atomic E-state index is 11.1. The van der Waals surface area contributed by atoms with Crippen LogP contribution in [0.2, 0.25) is 0 Å². The summed E-state index contributed by atoms with van der Waals surface area (Å²) >= 11 is 0. The van der Waals surface area contributed by atoms with Crippen molar-refractivity contribution in [3.05, 3.63) is 11.6 Å². The number of esters is 1. The Bertz CT molecular complexity index is 273. The highest BCUT2D eigenvalue weighted by molar-refractivity contribution is 5.87. The Hall–Kier alpha value is -0.910. The predicted octanol–water partition coefficient (Wildman–Crippen LogP) is 0.418. The monoisotopic (exact) mass is 256 g/mol. The number of carbonyl (C=O) groups excluding carboxylic acids is 1. The largest absolute Gasteiger partial charge is 0.466 e. The molecule has 1 aliphatic rings. The number of nitrogens with one attached hydrogen (secondary N) is 1. The van der Waals surface area contributed by atoms with E-state index in [-0.39, 0.29) is 5.97 Å². The van der Waals surface area contributed by atoms with E-state index >= 15 is 0 Å². The first-order valence-electron chi connectivity index (χ1n) is 6.50. The van der Waals surface area contributed by atoms with Crippen LogP contribution in [0, 0.1) is 0 Å². The molecule has 0 unspecified atom stereocenters. The van der Waals surface area contributed by atoms with E-state index in [1.54, 1.807) is 6.92 Å². The van der Waals surface area contributed by atoms with Crippen LogP contribution < -0.4 is 5.32 Å². The normalized spacial score (nSPS) is 17.8. The molecule has 1 rings (SSSR count). The van der Waals surface area contributed by atoms with Crippen molar-refractivity contribution in [3.63, 3.8) is 0 Å². The molecule has 1 saturated heterocycles. The van der Waals surface area contributed by atoms with Crippen molar-refractivity contribution in [2.75, 3.05) is 53.0 Å². The molecule has 0 spiro atoms. The van der Waals surface area contributed by atoms with E-state index in [4.69, 9.17) is 4.74 Å². The van der Waals surface area contributed by atoms with E-state index < -0.39 is 0 Å². The second kappa shape index (κ2) is 9.08. The third kappa shape index (κ3) is 6.14. The summed E-state index contributed by atoms with van der Waals surface area (Å²) in [5.41, 5.74) is 0.651. The average Bonchev–Trinajstić information content (AvgIpc) is 2.42. The van der Waals surface area contributed by atoms with Gasteiger partial charge in [-0.05, 0) is 26.4 Å². The van der Waals surface area contributed by atoms with Gasteiger partial charge in [-0.25, -0.2) is 4.79 Å². The zero-order valence-electron chi connectivity index (χ0n) is 11.4. The summed E-state index contributed by atoms with van der Waals surface area (Å²) in [6.07, 6.45) is 2.98. The molecule has 0 aromatic heterocycles. The molecule has 1 N–H and O–H groups in total. The van der Waals surface area contributed by atoms with Crippen LogP contribution in [-0.2, 0) is 14.3 Å². The lowest BCUT2D eigenvalue weighted by molar-refractivity contribution is -0.136. The summed E-state index contributed by atoms with van der Waals surface area (Å²) < 4.78 is 9.91. The van der Waals surface area contributed by atoms with Gasteiger partial charge < -0.3 is 14.8 Å². The fraction of sp³-hybridized carbons (Fsp3) is 0.769. The topological polar surface area (TPSA) is 50.8 Å². The van der Waals surface area contributed by atoms with Gasteiger partial charge >= 0.3 is 5.97 Å². The first kappa shape index (κ1) is 15.1. The second-order valence-electron chi connectivity index (χ2n) is 4.39. The molecule has 0 bridgehead atoms. The van der Waals surface area contributed by atoms with Crippen LogP contribution in [0.15, 0.2) is 11.6 Å². The van der Waals surface area contributed by atoms with Gasteiger partial charge in [-0.3, -0.25) is 4.90 Å². The molecule has 0 saturated carbocycles. The molecule has 1 heterocycles. The SMILES string of the molecule is COC(=O)C(C)=CCNCCCN1CCOCC1. The number of hydrogen-bond donors (Lipinski definition) is 1. The minimum atomic E-state index is -0.259. The van der Waals surface area contributed by atoms with Gasteiger partial charge in [0, 0.05) is 25.2 Å². The molecule has 104 valence electrons. The van der Waals surface area contributed by atoms with Gasteiger partial charge in [0.05, 0.1) is 20.3 Å². The van der Waals surface area contributed by atoms with E-state index in [1.165, 1.54) is 7.11 Å². The average molecular weight is 256 g/mol. The molecule has 5 heteroatoms. The molecule has 0 aliphatic carbocycles. The Labute approximate surface area is 109 Å². The van der Waals surface area contributed by atoms with Crippen molar-refractivity contribution >= 4 is 5.97 Å². The maximum Gasteiger partial charge on any atom is 0.333 e. The summed E-state index contributed by atoms with van der Waals surface area (Å²) in [6.45, 7) is 8.34. The molecule has 5 nitrogen and oxygen atoms in total. The summed E-state index contributed by atoms with van der Waals surface area (Å²) in [5, 5.41) is 3.29. The number of methoxy groups -OCH3 is 1. The molecular formula is C13H24N2O3. The van der Waals surface area contributed by atoms with E-state index in [0.717, 1.165) is 45.8 Å². The molecule has 18 heavy (non-hydrogen) atoms. The van der Waals surface area contributed by atoms with Crippen molar-refractivity contribution in [3.8, 4) is 0 Å². The standard InChI is InChI=1S/C13H24N2O3/c1-12(13(16)17-2)4-6-14-5-3-7-15-8-10-18-11-9-15/h4,14H,3,5-11H2,1-2H3. The summed E-state index contributed by atoms with van der Waals surface area (Å²) in [6, 6.07) is 0. The number of ether oxygens (including phenoxy) is 2. The third-order valence-corrected chi connectivity index (χ3v) is 2.99. The number of rotatable bonds is 7. The Morgan fingerprint density at radius 2 is 2.17 bits per heavy atom. The Balaban J connectivity index is 1.99. The third-order valence-electron chi connectivity index (χ3n) is 2.99. The highest BCUT2D eigenvalue weighted by Gasteiger charge is 2.08. The van der Waals surface area contributed by atoms with Crippen molar-refractivity contribution in [2.24, 2.45) is 0 Å². The van der Waals surface area contributed by atoms with Gasteiger partial charge in [-0.1, -0.05) is 6.08 Å². The van der Waals surface area contributed by atoms with Gasteiger partial charge in [0.25, 0.3) is 0 Å². The summed E-state index contributed by atoms with van der Waals surface area (Å²) in [5.74, 6) is -0.259. The van der Waals surface area contributed by atoms with Gasteiger partial charge in [-0.15, -0.1) is 0 Å². The number of nitrogens with zero attached hydrogens (tertiary/aromatic N) is 1. The van der Waals surface area contributed by atoms with Crippen LogP contribution in [-0.4, -0.2) is 63.9 Å². The van der Waals surface area contributed by atoms with Crippen LogP contribution in [0.5, 0.6) is 0 Å². The molecular weight excluding hydrogens is 232 g/mol. The van der Waals surface area contributed by atoms with Gasteiger partial charge in [0.1, 0.15) is 0 Å². The molecule has 0 aromatic rings. The fourth-order valence-corrected chi connectivity index (χ4v) is 1.82. The van der Waals surface area contributed by atoms with E-state index in [9.17, 15) is 4.79 Å². The van der Waals surface area contributed by atoms with Gasteiger partial charge in [0.2, 0.25) is 0 Å². The second-order valence-corrected chi connectivity index (χ2v) is 4.39. The Morgan fingerprint density at radius 1 is 1.44 bits per heavy atom. The van der Waals surface area contributed by atoms with Crippen molar-refractivity contribution in [2.45, 2.75) is 13.3 Å². The molecule has 1 aliphatic heterocycles. The van der Waals surface area contributed by atoms with Crippen LogP contribution in [0.4, 0.5) is 0 Å². The minimum absolute atomic E-state index is 0.259. The first-order chi connectivity index (χ1) is 8.74. The maximum absolute atomic E-state index is 11.1. The van der Waals surface area contributed by atoms with Crippen molar-refractivity contribution in [1.82, 2.24) is 10.2 Å². The number of carbonyl (C=O) groups is 1. The van der Waals surface area contributed by atoms with Crippen molar-refractivity contribution in [1.29, 1.82) is 0 Å². The Kier molecular flexibility index (Phi) is 7.64. The van der Waals surface area contributed by atoms with Gasteiger partial charge in [0.15, 0.2) is 0 Å². The fourth-order valence-electron chi connectivity index (χ4n) is 1.82. The molecule has 0 atom stereocenters. The van der Waals surface area contributed by atoms with Crippen LogP contribution in [0.1, 0.15) is 13.3 Å².